The highest BCUT2D eigenvalue weighted by atomic mass is 16.7. The molecule has 1 heterocycles. The number of ether oxygens (including phenoxy) is 3. The smallest absolute Gasteiger partial charge is 0.308 e. The molecular formula is C15H20O4. The molecule has 1 aromatic rings. The first-order valence-corrected chi connectivity index (χ1v) is 6.70. The maximum atomic E-state index is 11.5. The summed E-state index contributed by atoms with van der Waals surface area (Å²) in [5.74, 6) is -0.214. The molecule has 3 atom stereocenters. The summed E-state index contributed by atoms with van der Waals surface area (Å²) >= 11 is 0. The molecule has 19 heavy (non-hydrogen) atoms. The van der Waals surface area contributed by atoms with Gasteiger partial charge in [-0.1, -0.05) is 30.3 Å². The molecule has 0 radical (unpaired) electrons. The molecule has 104 valence electrons. The van der Waals surface area contributed by atoms with Gasteiger partial charge in [-0.05, 0) is 19.4 Å². The highest BCUT2D eigenvalue weighted by molar-refractivity contribution is 5.69. The van der Waals surface area contributed by atoms with Crippen molar-refractivity contribution in [2.24, 2.45) is 0 Å². The molecule has 1 fully saturated rings. The van der Waals surface area contributed by atoms with Gasteiger partial charge in [0.15, 0.2) is 6.29 Å². The first kappa shape index (κ1) is 14.0. The molecule has 1 aliphatic rings. The molecule has 4 heteroatoms. The van der Waals surface area contributed by atoms with Gasteiger partial charge in [-0.2, -0.15) is 0 Å². The molecule has 0 N–H and O–H groups in total. The Labute approximate surface area is 113 Å². The molecule has 0 bridgehead atoms. The van der Waals surface area contributed by atoms with E-state index in [1.807, 2.05) is 37.3 Å². The van der Waals surface area contributed by atoms with Gasteiger partial charge in [-0.15, -0.1) is 0 Å². The van der Waals surface area contributed by atoms with Gasteiger partial charge < -0.3 is 14.2 Å². The van der Waals surface area contributed by atoms with Gasteiger partial charge in [-0.3, -0.25) is 4.79 Å². The molecule has 1 aromatic carbocycles. The SMILES string of the molecule is CCOC(=O)C[C@H]1C[C@@H](c2ccccc2)O[C@@H](C)O1. The Morgan fingerprint density at radius 2 is 2.05 bits per heavy atom. The third kappa shape index (κ3) is 4.04. The van der Waals surface area contributed by atoms with Crippen LogP contribution in [0.5, 0.6) is 0 Å². The molecule has 0 amide bonds. The fourth-order valence-electron chi connectivity index (χ4n) is 2.30. The van der Waals surface area contributed by atoms with Crippen molar-refractivity contribution >= 4 is 5.97 Å². The van der Waals surface area contributed by atoms with Crippen LogP contribution in [0.15, 0.2) is 30.3 Å². The molecule has 0 unspecified atom stereocenters. The second-order valence-electron chi connectivity index (χ2n) is 4.61. The summed E-state index contributed by atoms with van der Waals surface area (Å²) in [5.41, 5.74) is 1.12. The van der Waals surface area contributed by atoms with Crippen LogP contribution in [0, 0.1) is 0 Å². The lowest BCUT2D eigenvalue weighted by Crippen LogP contribution is -2.34. The average molecular weight is 264 g/mol. The molecule has 0 aromatic heterocycles. The van der Waals surface area contributed by atoms with Gasteiger partial charge in [0.1, 0.15) is 0 Å². The molecular weight excluding hydrogens is 244 g/mol. The Morgan fingerprint density at radius 3 is 2.74 bits per heavy atom. The Kier molecular flexibility index (Phi) is 4.93. The number of hydrogen-bond acceptors (Lipinski definition) is 4. The normalized spacial score (nSPS) is 26.9. The van der Waals surface area contributed by atoms with E-state index in [4.69, 9.17) is 14.2 Å². The van der Waals surface area contributed by atoms with Gasteiger partial charge in [-0.25, -0.2) is 0 Å². The summed E-state index contributed by atoms with van der Waals surface area (Å²) in [7, 11) is 0. The molecule has 0 spiro atoms. The zero-order valence-electron chi connectivity index (χ0n) is 11.4. The van der Waals surface area contributed by atoms with Gasteiger partial charge in [0, 0.05) is 6.42 Å². The number of hydrogen-bond donors (Lipinski definition) is 0. The highest BCUT2D eigenvalue weighted by Gasteiger charge is 2.30. The van der Waals surface area contributed by atoms with Crippen molar-refractivity contribution in [1.82, 2.24) is 0 Å². The van der Waals surface area contributed by atoms with Gasteiger partial charge in [0.25, 0.3) is 0 Å². The van der Waals surface area contributed by atoms with Gasteiger partial charge in [0.05, 0.1) is 25.2 Å². The van der Waals surface area contributed by atoms with Crippen LogP contribution in [-0.4, -0.2) is 25.0 Å². The largest absolute Gasteiger partial charge is 0.466 e. The molecule has 4 nitrogen and oxygen atoms in total. The Bertz CT molecular complexity index is 404. The molecule has 2 rings (SSSR count). The molecule has 1 saturated heterocycles. The van der Waals surface area contributed by atoms with Crippen molar-refractivity contribution in [1.29, 1.82) is 0 Å². The first-order valence-electron chi connectivity index (χ1n) is 6.70. The van der Waals surface area contributed by atoms with E-state index >= 15 is 0 Å². The lowest BCUT2D eigenvalue weighted by Gasteiger charge is -2.34. The number of rotatable bonds is 4. The minimum absolute atomic E-state index is 0.0237. The van der Waals surface area contributed by atoms with E-state index in [-0.39, 0.29) is 30.9 Å². The van der Waals surface area contributed by atoms with Crippen LogP contribution >= 0.6 is 0 Å². The van der Waals surface area contributed by atoms with Crippen LogP contribution in [-0.2, 0) is 19.0 Å². The maximum Gasteiger partial charge on any atom is 0.308 e. The van der Waals surface area contributed by atoms with Crippen LogP contribution in [0.2, 0.25) is 0 Å². The minimum atomic E-state index is -0.307. The van der Waals surface area contributed by atoms with Crippen molar-refractivity contribution < 1.29 is 19.0 Å². The van der Waals surface area contributed by atoms with E-state index in [1.54, 1.807) is 6.92 Å². The predicted octanol–water partition coefficient (Wildman–Crippen LogP) is 2.83. The first-order chi connectivity index (χ1) is 9.19. The monoisotopic (exact) mass is 264 g/mol. The van der Waals surface area contributed by atoms with Crippen LogP contribution in [0.1, 0.15) is 38.4 Å². The fourth-order valence-corrected chi connectivity index (χ4v) is 2.30. The summed E-state index contributed by atoms with van der Waals surface area (Å²) in [6, 6.07) is 10.0. The second-order valence-corrected chi connectivity index (χ2v) is 4.61. The quantitative estimate of drug-likeness (QED) is 0.784. The van der Waals surface area contributed by atoms with Crippen molar-refractivity contribution in [3.05, 3.63) is 35.9 Å². The Morgan fingerprint density at radius 1 is 1.32 bits per heavy atom. The summed E-state index contributed by atoms with van der Waals surface area (Å²) in [6.07, 6.45) is 0.480. The van der Waals surface area contributed by atoms with E-state index in [2.05, 4.69) is 0 Å². The van der Waals surface area contributed by atoms with E-state index in [9.17, 15) is 4.79 Å². The number of esters is 1. The van der Waals surface area contributed by atoms with Gasteiger partial charge >= 0.3 is 5.97 Å². The zero-order valence-corrected chi connectivity index (χ0v) is 11.4. The lowest BCUT2D eigenvalue weighted by atomic mass is 10.0. The van der Waals surface area contributed by atoms with Crippen LogP contribution in [0.4, 0.5) is 0 Å². The number of carbonyl (C=O) groups is 1. The maximum absolute atomic E-state index is 11.5. The minimum Gasteiger partial charge on any atom is -0.466 e. The van der Waals surface area contributed by atoms with E-state index in [0.717, 1.165) is 5.56 Å². The third-order valence-corrected chi connectivity index (χ3v) is 3.09. The van der Waals surface area contributed by atoms with Crippen molar-refractivity contribution in [2.75, 3.05) is 6.61 Å². The lowest BCUT2D eigenvalue weighted by molar-refractivity contribution is -0.238. The van der Waals surface area contributed by atoms with Crippen molar-refractivity contribution in [3.63, 3.8) is 0 Å². The highest BCUT2D eigenvalue weighted by Crippen LogP contribution is 2.31. The summed E-state index contributed by atoms with van der Waals surface area (Å²) in [4.78, 5) is 11.5. The topological polar surface area (TPSA) is 44.8 Å². The Balaban J connectivity index is 1.98. The summed E-state index contributed by atoms with van der Waals surface area (Å²) < 4.78 is 16.4. The molecule has 0 aliphatic carbocycles. The van der Waals surface area contributed by atoms with Crippen LogP contribution in [0.25, 0.3) is 0 Å². The van der Waals surface area contributed by atoms with E-state index in [1.165, 1.54) is 0 Å². The second kappa shape index (κ2) is 6.68. The number of benzene rings is 1. The number of carbonyl (C=O) groups excluding carboxylic acids is 1. The van der Waals surface area contributed by atoms with Gasteiger partial charge in [0.2, 0.25) is 0 Å². The van der Waals surface area contributed by atoms with Crippen LogP contribution < -0.4 is 0 Å². The standard InChI is InChI=1S/C15H20O4/c1-3-17-15(16)10-13-9-14(19-11(2)18-13)12-7-5-4-6-8-12/h4-8,11,13-14H,3,9-10H2,1-2H3/t11-,13+,14-/m0/s1. The average Bonchev–Trinajstić information content (AvgIpc) is 2.39. The zero-order chi connectivity index (χ0) is 13.7. The molecule has 0 saturated carbocycles. The Hall–Kier alpha value is -1.39. The van der Waals surface area contributed by atoms with Crippen molar-refractivity contribution in [3.8, 4) is 0 Å². The third-order valence-electron chi connectivity index (χ3n) is 3.09. The van der Waals surface area contributed by atoms with E-state index < -0.39 is 0 Å². The van der Waals surface area contributed by atoms with Crippen LogP contribution in [0.3, 0.4) is 0 Å². The molecule has 1 aliphatic heterocycles. The van der Waals surface area contributed by atoms with E-state index in [0.29, 0.717) is 13.0 Å². The fraction of sp³-hybridized carbons (Fsp3) is 0.533. The summed E-state index contributed by atoms with van der Waals surface area (Å²) in [5, 5.41) is 0. The predicted molar refractivity (Wildman–Crippen MR) is 70.5 cm³/mol. The van der Waals surface area contributed by atoms with Crippen molar-refractivity contribution in [2.45, 2.75) is 45.2 Å². The summed E-state index contributed by atoms with van der Waals surface area (Å²) in [6.45, 7) is 4.06.